The highest BCUT2D eigenvalue weighted by Crippen LogP contribution is 2.54. The van der Waals surface area contributed by atoms with Crippen molar-refractivity contribution in [3.05, 3.63) is 41.5 Å². The third-order valence-corrected chi connectivity index (χ3v) is 10.2. The molecule has 4 aliphatic rings. The molecule has 1 atom stereocenters. The van der Waals surface area contributed by atoms with Crippen molar-refractivity contribution in [2.24, 2.45) is 5.41 Å². The van der Waals surface area contributed by atoms with Gasteiger partial charge in [0.25, 0.3) is 11.8 Å². The first-order valence-electron chi connectivity index (χ1n) is 14.2. The van der Waals surface area contributed by atoms with Crippen LogP contribution in [-0.4, -0.2) is 70.0 Å². The lowest BCUT2D eigenvalue weighted by molar-refractivity contribution is -0.0400. The lowest BCUT2D eigenvalue weighted by Gasteiger charge is -2.44. The number of aliphatic hydroxyl groups excluding tert-OH is 1. The summed E-state index contributed by atoms with van der Waals surface area (Å²) in [4.78, 5) is 17.8. The van der Waals surface area contributed by atoms with Gasteiger partial charge in [-0.25, -0.2) is 17.2 Å². The fraction of sp³-hybridized carbons (Fsp3) is 0.552. The van der Waals surface area contributed by atoms with Crippen molar-refractivity contribution < 1.29 is 31.8 Å². The summed E-state index contributed by atoms with van der Waals surface area (Å²) in [5.74, 6) is -2.85. The number of aliphatic hydroxyl groups is 1. The first-order valence-corrected chi connectivity index (χ1v) is 15.9. The number of alkyl halides is 2. The van der Waals surface area contributed by atoms with Gasteiger partial charge in [-0.3, -0.25) is 9.52 Å². The Hall–Kier alpha value is -3.12. The summed E-state index contributed by atoms with van der Waals surface area (Å²) in [5, 5.41) is 12.1. The van der Waals surface area contributed by atoms with E-state index in [1.807, 2.05) is 17.9 Å². The average Bonchev–Trinajstić information content (AvgIpc) is 3.66. The Morgan fingerprint density at radius 1 is 1.05 bits per heavy atom. The van der Waals surface area contributed by atoms with Crippen LogP contribution in [0.4, 0.5) is 31.5 Å². The second-order valence-electron chi connectivity index (χ2n) is 11.9. The van der Waals surface area contributed by atoms with E-state index >= 15 is 0 Å². The van der Waals surface area contributed by atoms with Gasteiger partial charge in [-0.2, -0.15) is 0 Å². The number of nitrogens with zero attached hydrogens (tertiary/aromatic N) is 2. The van der Waals surface area contributed by atoms with Gasteiger partial charge in [-0.05, 0) is 73.9 Å². The van der Waals surface area contributed by atoms with Crippen molar-refractivity contribution in [2.45, 2.75) is 57.4 Å². The highest BCUT2D eigenvalue weighted by molar-refractivity contribution is 7.92. The van der Waals surface area contributed by atoms with E-state index in [2.05, 4.69) is 14.9 Å². The minimum absolute atomic E-state index is 0.198. The Labute approximate surface area is 238 Å². The van der Waals surface area contributed by atoms with Crippen molar-refractivity contribution in [1.82, 2.24) is 0 Å². The van der Waals surface area contributed by atoms with E-state index in [1.54, 1.807) is 24.3 Å². The van der Waals surface area contributed by atoms with E-state index in [4.69, 9.17) is 9.84 Å². The summed E-state index contributed by atoms with van der Waals surface area (Å²) >= 11 is 0. The predicted octanol–water partition coefficient (Wildman–Crippen LogP) is 4.36. The SMILES string of the molecule is Cc1cc(NC(=O)c2ccc(NS(=O)(=O)CCO)cc2N2CCC3(CC2)CC3)cc2c1OCC1CC(F)(F)CCN21. The van der Waals surface area contributed by atoms with Crippen molar-refractivity contribution >= 4 is 38.7 Å². The maximum Gasteiger partial charge on any atom is 0.257 e. The van der Waals surface area contributed by atoms with Crippen LogP contribution in [0.15, 0.2) is 30.3 Å². The molecule has 9 nitrogen and oxygen atoms in total. The van der Waals surface area contributed by atoms with Gasteiger partial charge >= 0.3 is 0 Å². The van der Waals surface area contributed by atoms with Crippen LogP contribution in [0.2, 0.25) is 0 Å². The molecule has 12 heteroatoms. The maximum atomic E-state index is 14.1. The van der Waals surface area contributed by atoms with Crippen LogP contribution in [0, 0.1) is 12.3 Å². The fourth-order valence-electron chi connectivity index (χ4n) is 6.39. The van der Waals surface area contributed by atoms with E-state index < -0.39 is 34.3 Å². The predicted molar refractivity (Wildman–Crippen MR) is 154 cm³/mol. The lowest BCUT2D eigenvalue weighted by atomic mass is 9.93. The minimum Gasteiger partial charge on any atom is -0.489 e. The largest absolute Gasteiger partial charge is 0.489 e. The molecule has 1 saturated carbocycles. The number of anilines is 4. The van der Waals surface area contributed by atoms with Crippen LogP contribution in [0.3, 0.4) is 0 Å². The normalized spacial score (nSPS) is 22.4. The number of rotatable bonds is 7. The van der Waals surface area contributed by atoms with Crippen molar-refractivity contribution in [1.29, 1.82) is 0 Å². The summed E-state index contributed by atoms with van der Waals surface area (Å²) in [5.41, 5.74) is 3.81. The molecule has 41 heavy (non-hydrogen) atoms. The highest BCUT2D eigenvalue weighted by atomic mass is 32.2. The molecule has 2 saturated heterocycles. The van der Waals surface area contributed by atoms with Crippen LogP contribution in [-0.2, 0) is 10.0 Å². The Morgan fingerprint density at radius 3 is 2.49 bits per heavy atom. The Balaban J connectivity index is 1.28. The summed E-state index contributed by atoms with van der Waals surface area (Å²) in [6.07, 6.45) is 4.01. The molecule has 1 amide bonds. The van der Waals surface area contributed by atoms with Gasteiger partial charge in [0.1, 0.15) is 12.4 Å². The van der Waals surface area contributed by atoms with E-state index in [0.717, 1.165) is 31.5 Å². The molecule has 222 valence electrons. The zero-order chi connectivity index (χ0) is 29.0. The average molecular weight is 591 g/mol. The molecule has 1 unspecified atom stereocenters. The van der Waals surface area contributed by atoms with E-state index in [9.17, 15) is 22.0 Å². The van der Waals surface area contributed by atoms with Gasteiger partial charge < -0.3 is 25.0 Å². The number of hydrogen-bond donors (Lipinski definition) is 3. The summed E-state index contributed by atoms with van der Waals surface area (Å²) in [6.45, 7) is 3.31. The van der Waals surface area contributed by atoms with Crippen LogP contribution < -0.4 is 24.6 Å². The summed E-state index contributed by atoms with van der Waals surface area (Å²) in [6, 6.07) is 8.00. The quantitative estimate of drug-likeness (QED) is 0.440. The molecule has 6 rings (SSSR count). The van der Waals surface area contributed by atoms with Gasteiger partial charge in [0.15, 0.2) is 0 Å². The number of halogens is 2. The maximum absolute atomic E-state index is 14.1. The fourth-order valence-corrected chi connectivity index (χ4v) is 7.22. The zero-order valence-electron chi connectivity index (χ0n) is 23.1. The molecular formula is C29H36F2N4O5S. The topological polar surface area (TPSA) is 111 Å². The zero-order valence-corrected chi connectivity index (χ0v) is 23.9. The second kappa shape index (κ2) is 10.3. The molecule has 3 N–H and O–H groups in total. The van der Waals surface area contributed by atoms with Gasteiger partial charge in [-0.1, -0.05) is 0 Å². The summed E-state index contributed by atoms with van der Waals surface area (Å²) in [7, 11) is -3.74. The van der Waals surface area contributed by atoms with Crippen LogP contribution in [0.5, 0.6) is 5.75 Å². The molecule has 1 spiro atoms. The number of sulfonamides is 1. The third-order valence-electron chi connectivity index (χ3n) is 8.93. The molecule has 2 aromatic carbocycles. The number of hydrogen-bond acceptors (Lipinski definition) is 7. The number of benzene rings is 2. The number of carbonyl (C=O) groups excluding carboxylic acids is 1. The van der Waals surface area contributed by atoms with Crippen molar-refractivity contribution in [3.8, 4) is 5.75 Å². The van der Waals surface area contributed by atoms with Crippen LogP contribution >= 0.6 is 0 Å². The standard InChI is InChI=1S/C29H36F2N4O5S/c1-19-14-21(16-25-26(19)40-18-22-17-29(30,31)8-11-35(22)25)32-27(37)23-3-2-20(33-41(38,39)13-12-36)15-24(23)34-9-6-28(4-5-28)7-10-34/h2-3,14-16,22,33,36H,4-13,17-18H2,1H3,(H,32,37). The lowest BCUT2D eigenvalue weighted by Crippen LogP contribution is -2.52. The van der Waals surface area contributed by atoms with E-state index in [1.165, 1.54) is 12.8 Å². The summed E-state index contributed by atoms with van der Waals surface area (Å²) < 4.78 is 61.1. The first kappa shape index (κ1) is 28.0. The van der Waals surface area contributed by atoms with Crippen molar-refractivity contribution in [2.75, 3.05) is 58.4 Å². The number of aryl methyl sites for hydroxylation is 1. The van der Waals surface area contributed by atoms with Crippen LogP contribution in [0.25, 0.3) is 0 Å². The Morgan fingerprint density at radius 2 is 1.78 bits per heavy atom. The number of ether oxygens (including phenoxy) is 1. The monoisotopic (exact) mass is 590 g/mol. The van der Waals surface area contributed by atoms with E-state index in [-0.39, 0.29) is 31.9 Å². The number of fused-ring (bicyclic) bond motifs is 3. The molecule has 3 heterocycles. The molecule has 0 aromatic heterocycles. The van der Waals surface area contributed by atoms with Gasteiger partial charge in [0.2, 0.25) is 10.0 Å². The molecule has 3 aliphatic heterocycles. The molecular weight excluding hydrogens is 554 g/mol. The minimum atomic E-state index is -3.74. The molecule has 3 fully saturated rings. The Bertz CT molecular complexity index is 1450. The smallest absolute Gasteiger partial charge is 0.257 e. The second-order valence-corrected chi connectivity index (χ2v) is 13.8. The molecule has 1 aliphatic carbocycles. The van der Waals surface area contributed by atoms with Gasteiger partial charge in [0, 0.05) is 38.2 Å². The first-order chi connectivity index (χ1) is 19.5. The molecule has 0 bridgehead atoms. The third kappa shape index (κ3) is 5.81. The number of piperidine rings is 2. The molecule has 2 aromatic rings. The van der Waals surface area contributed by atoms with Crippen molar-refractivity contribution in [3.63, 3.8) is 0 Å². The molecule has 0 radical (unpaired) electrons. The number of amides is 1. The van der Waals surface area contributed by atoms with Crippen LogP contribution in [0.1, 0.15) is 54.4 Å². The number of nitrogens with one attached hydrogen (secondary N) is 2. The van der Waals surface area contributed by atoms with Gasteiger partial charge in [0.05, 0.1) is 41.0 Å². The Kier molecular flexibility index (Phi) is 7.04. The number of carbonyl (C=O) groups is 1. The van der Waals surface area contributed by atoms with Gasteiger partial charge in [-0.15, -0.1) is 0 Å². The highest BCUT2D eigenvalue weighted by Gasteiger charge is 2.45. The van der Waals surface area contributed by atoms with E-state index in [0.29, 0.717) is 39.5 Å².